The molecular formula is C19H21ClN2O. The Balaban J connectivity index is 2.46. The largest absolute Gasteiger partial charge is 0.497 e. The van der Waals surface area contributed by atoms with Crippen molar-refractivity contribution in [1.82, 2.24) is 4.90 Å². The summed E-state index contributed by atoms with van der Waals surface area (Å²) in [6.45, 7) is 0. The topological polar surface area (TPSA) is 24.8 Å². The van der Waals surface area contributed by atoms with Gasteiger partial charge in [-0.1, -0.05) is 35.9 Å². The lowest BCUT2D eigenvalue weighted by Crippen LogP contribution is -2.12. The lowest BCUT2D eigenvalue weighted by Gasteiger charge is -2.19. The zero-order valence-corrected chi connectivity index (χ0v) is 14.6. The van der Waals surface area contributed by atoms with Crippen molar-refractivity contribution in [3.05, 3.63) is 70.8 Å². The van der Waals surface area contributed by atoms with E-state index in [0.29, 0.717) is 5.02 Å². The predicted molar refractivity (Wildman–Crippen MR) is 98.6 cm³/mol. The highest BCUT2D eigenvalue weighted by Gasteiger charge is 2.08. The van der Waals surface area contributed by atoms with Crippen molar-refractivity contribution in [2.75, 3.05) is 28.3 Å². The van der Waals surface area contributed by atoms with Crippen LogP contribution in [0.1, 0.15) is 11.1 Å². The predicted octanol–water partition coefficient (Wildman–Crippen LogP) is 4.37. The molecule has 23 heavy (non-hydrogen) atoms. The van der Waals surface area contributed by atoms with E-state index in [4.69, 9.17) is 16.3 Å². The van der Waals surface area contributed by atoms with Crippen molar-refractivity contribution in [2.24, 2.45) is 4.99 Å². The van der Waals surface area contributed by atoms with Crippen LogP contribution in [0.5, 0.6) is 5.75 Å². The van der Waals surface area contributed by atoms with Crippen LogP contribution in [0, 0.1) is 0 Å². The summed E-state index contributed by atoms with van der Waals surface area (Å²) in [5.74, 6) is 0.830. The number of allylic oxidation sites excluding steroid dienone is 1. The molecule has 0 unspecified atom stereocenters. The summed E-state index contributed by atoms with van der Waals surface area (Å²) in [4.78, 5) is 6.48. The molecule has 2 aromatic rings. The maximum atomic E-state index is 5.97. The number of aliphatic imine (C=N–C) groups is 1. The maximum absolute atomic E-state index is 5.97. The second kappa shape index (κ2) is 7.84. The minimum absolute atomic E-state index is 0.716. The number of hydrogen-bond donors (Lipinski definition) is 0. The van der Waals surface area contributed by atoms with Crippen LogP contribution in [-0.4, -0.2) is 38.9 Å². The number of nitrogens with zero attached hydrogens (tertiary/aromatic N) is 2. The van der Waals surface area contributed by atoms with Crippen LogP contribution in [0.3, 0.4) is 0 Å². The van der Waals surface area contributed by atoms with Crippen LogP contribution >= 0.6 is 11.6 Å². The van der Waals surface area contributed by atoms with Crippen molar-refractivity contribution in [2.45, 2.75) is 0 Å². The first-order valence-electron chi connectivity index (χ1n) is 7.31. The third-order valence-electron chi connectivity index (χ3n) is 3.50. The fraction of sp³-hybridized carbons (Fsp3) is 0.211. The Morgan fingerprint density at radius 1 is 1.09 bits per heavy atom. The van der Waals surface area contributed by atoms with Crippen LogP contribution in [0.25, 0.3) is 5.70 Å². The molecule has 2 rings (SSSR count). The molecule has 0 saturated carbocycles. The smallest absolute Gasteiger partial charge is 0.119 e. The molecule has 0 bridgehead atoms. The number of methoxy groups -OCH3 is 1. The molecule has 0 radical (unpaired) electrons. The van der Waals surface area contributed by atoms with Crippen molar-refractivity contribution < 1.29 is 4.74 Å². The van der Waals surface area contributed by atoms with Gasteiger partial charge in [0.05, 0.1) is 12.8 Å². The molecule has 3 nitrogen and oxygen atoms in total. The van der Waals surface area contributed by atoms with Gasteiger partial charge in [-0.2, -0.15) is 0 Å². The molecule has 0 fully saturated rings. The molecule has 0 saturated heterocycles. The van der Waals surface area contributed by atoms with Gasteiger partial charge in [-0.25, -0.2) is 0 Å². The molecule has 4 heteroatoms. The van der Waals surface area contributed by atoms with E-state index in [0.717, 1.165) is 28.3 Å². The average Bonchev–Trinajstić information content (AvgIpc) is 2.56. The number of ether oxygens (including phenoxy) is 1. The average molecular weight is 329 g/mol. The summed E-state index contributed by atoms with van der Waals surface area (Å²) in [5, 5.41) is 0.716. The van der Waals surface area contributed by atoms with Crippen LogP contribution in [-0.2, 0) is 0 Å². The van der Waals surface area contributed by atoms with E-state index in [2.05, 4.69) is 22.0 Å². The molecule has 0 amide bonds. The zero-order chi connectivity index (χ0) is 16.8. The van der Waals surface area contributed by atoms with E-state index in [-0.39, 0.29) is 0 Å². The van der Waals surface area contributed by atoms with Gasteiger partial charge in [0.25, 0.3) is 0 Å². The summed E-state index contributed by atoms with van der Waals surface area (Å²) in [7, 11) is 7.49. The van der Waals surface area contributed by atoms with Crippen LogP contribution in [0.4, 0.5) is 0 Å². The van der Waals surface area contributed by atoms with Crippen molar-refractivity contribution in [3.8, 4) is 5.75 Å². The highest BCUT2D eigenvalue weighted by Crippen LogP contribution is 2.23. The van der Waals surface area contributed by atoms with Crippen LogP contribution in [0.15, 0.2) is 59.6 Å². The lowest BCUT2D eigenvalue weighted by molar-refractivity contribution is 0.414. The summed E-state index contributed by atoms with van der Waals surface area (Å²) in [6.07, 6.45) is 2.07. The van der Waals surface area contributed by atoms with Gasteiger partial charge in [-0.05, 0) is 35.9 Å². The second-order valence-corrected chi connectivity index (χ2v) is 5.71. The molecule has 0 aliphatic rings. The van der Waals surface area contributed by atoms with E-state index in [1.165, 1.54) is 0 Å². The third-order valence-corrected chi connectivity index (χ3v) is 3.75. The molecular weight excluding hydrogens is 308 g/mol. The molecule has 2 aromatic carbocycles. The minimum atomic E-state index is 0.716. The Morgan fingerprint density at radius 2 is 1.78 bits per heavy atom. The fourth-order valence-electron chi connectivity index (χ4n) is 2.28. The molecule has 0 aliphatic carbocycles. The number of rotatable bonds is 5. The lowest BCUT2D eigenvalue weighted by atomic mass is 10.0. The molecule has 0 heterocycles. The maximum Gasteiger partial charge on any atom is 0.119 e. The monoisotopic (exact) mass is 328 g/mol. The Morgan fingerprint density at radius 3 is 2.35 bits per heavy atom. The molecule has 0 atom stereocenters. The Kier molecular flexibility index (Phi) is 5.83. The standard InChI is InChI=1S/C19H21ClN2O/c1-21-18(14-8-10-16(20)11-9-14)13-19(22(2)3)15-6-5-7-17(12-15)23-4/h5-13H,1-4H3/b19-13-,21-18?. The number of halogens is 1. The SMILES string of the molecule is CN=C(/C=C(/c1cccc(OC)c1)N(C)C)c1ccc(Cl)cc1. The van der Waals surface area contributed by atoms with Gasteiger partial charge in [0, 0.05) is 37.4 Å². The van der Waals surface area contributed by atoms with Crippen molar-refractivity contribution in [1.29, 1.82) is 0 Å². The Hall–Kier alpha value is -2.26. The molecule has 0 aliphatic heterocycles. The van der Waals surface area contributed by atoms with E-state index in [9.17, 15) is 0 Å². The first-order chi connectivity index (χ1) is 11.0. The molecule has 0 spiro atoms. The summed E-state index contributed by atoms with van der Waals surface area (Å²) < 4.78 is 5.32. The van der Waals surface area contributed by atoms with E-state index in [1.807, 2.05) is 56.6 Å². The Labute approximate surface area is 142 Å². The number of hydrogen-bond acceptors (Lipinski definition) is 3. The van der Waals surface area contributed by atoms with Crippen molar-refractivity contribution >= 4 is 23.0 Å². The van der Waals surface area contributed by atoms with Gasteiger partial charge in [0.2, 0.25) is 0 Å². The summed E-state index contributed by atoms with van der Waals surface area (Å²) in [5.41, 5.74) is 4.05. The van der Waals surface area contributed by atoms with E-state index in [1.54, 1.807) is 14.2 Å². The van der Waals surface area contributed by atoms with Crippen LogP contribution in [0.2, 0.25) is 5.02 Å². The quantitative estimate of drug-likeness (QED) is 0.761. The molecule has 0 aromatic heterocycles. The Bertz CT molecular complexity index is 718. The second-order valence-electron chi connectivity index (χ2n) is 5.27. The van der Waals surface area contributed by atoms with Gasteiger partial charge in [0.1, 0.15) is 5.75 Å². The van der Waals surface area contributed by atoms with E-state index < -0.39 is 0 Å². The summed E-state index contributed by atoms with van der Waals surface area (Å²) >= 11 is 5.97. The van der Waals surface area contributed by atoms with Gasteiger partial charge in [-0.3, -0.25) is 4.99 Å². The minimum Gasteiger partial charge on any atom is -0.497 e. The van der Waals surface area contributed by atoms with E-state index >= 15 is 0 Å². The fourth-order valence-corrected chi connectivity index (χ4v) is 2.41. The van der Waals surface area contributed by atoms with Crippen molar-refractivity contribution in [3.63, 3.8) is 0 Å². The highest BCUT2D eigenvalue weighted by molar-refractivity contribution is 6.30. The normalized spacial score (nSPS) is 12.2. The first kappa shape index (κ1) is 17.1. The highest BCUT2D eigenvalue weighted by atomic mass is 35.5. The van der Waals surface area contributed by atoms with Gasteiger partial charge in [-0.15, -0.1) is 0 Å². The number of benzene rings is 2. The van der Waals surface area contributed by atoms with Gasteiger partial charge in [0.15, 0.2) is 0 Å². The third kappa shape index (κ3) is 4.36. The molecule has 120 valence electrons. The molecule has 0 N–H and O–H groups in total. The van der Waals surface area contributed by atoms with Gasteiger partial charge >= 0.3 is 0 Å². The van der Waals surface area contributed by atoms with Crippen LogP contribution < -0.4 is 4.74 Å². The zero-order valence-electron chi connectivity index (χ0n) is 13.9. The van der Waals surface area contributed by atoms with Gasteiger partial charge < -0.3 is 9.64 Å². The summed E-state index contributed by atoms with van der Waals surface area (Å²) in [6, 6.07) is 15.7. The first-order valence-corrected chi connectivity index (χ1v) is 7.69.